The monoisotopic (exact) mass is 434 g/mol. The lowest BCUT2D eigenvalue weighted by Crippen LogP contribution is -1.98. The smallest absolute Gasteiger partial charge is 0.269 e. The van der Waals surface area contributed by atoms with Crippen LogP contribution in [0.4, 0.5) is 5.69 Å². The summed E-state index contributed by atoms with van der Waals surface area (Å²) in [7, 11) is 1.62. The van der Waals surface area contributed by atoms with Crippen LogP contribution in [0.5, 0.6) is 5.75 Å². The van der Waals surface area contributed by atoms with Crippen molar-refractivity contribution in [3.63, 3.8) is 0 Å². The third kappa shape index (κ3) is 5.10. The number of ether oxygens (including phenoxy) is 1. The Kier molecular flexibility index (Phi) is 7.40. The normalized spacial score (nSPS) is 10.2. The Labute approximate surface area is 184 Å². The standard InChI is InChI=1S/C21H16N4O3S.C2H6/c1-28-20-8-4-3-7-19(20)24-14-18(22-23-24)17-6-2-5-9-21(17)29-16-12-10-15(11-13-16)25(26)27;1-2/h2-14H,1H3;1-2H3. The molecule has 4 rings (SSSR count). The van der Waals surface area contributed by atoms with Gasteiger partial charge in [-0.2, -0.15) is 0 Å². The molecule has 158 valence electrons. The van der Waals surface area contributed by atoms with Gasteiger partial charge >= 0.3 is 0 Å². The van der Waals surface area contributed by atoms with Gasteiger partial charge in [0.1, 0.15) is 17.1 Å². The van der Waals surface area contributed by atoms with E-state index in [2.05, 4.69) is 10.3 Å². The number of rotatable bonds is 6. The number of nitro groups is 1. The molecule has 0 aliphatic heterocycles. The lowest BCUT2D eigenvalue weighted by Gasteiger charge is -2.07. The van der Waals surface area contributed by atoms with Crippen molar-refractivity contribution < 1.29 is 9.66 Å². The molecule has 0 N–H and O–H groups in total. The number of hydrogen-bond donors (Lipinski definition) is 0. The summed E-state index contributed by atoms with van der Waals surface area (Å²) < 4.78 is 7.09. The van der Waals surface area contributed by atoms with E-state index in [1.807, 2.05) is 68.6 Å². The average Bonchev–Trinajstić information content (AvgIpc) is 3.31. The van der Waals surface area contributed by atoms with Gasteiger partial charge in [-0.3, -0.25) is 10.1 Å². The second-order valence-electron chi connectivity index (χ2n) is 6.07. The van der Waals surface area contributed by atoms with E-state index in [9.17, 15) is 10.1 Å². The Balaban J connectivity index is 0.00000132. The number of para-hydroxylation sites is 2. The van der Waals surface area contributed by atoms with Gasteiger partial charge in [-0.15, -0.1) is 5.10 Å². The van der Waals surface area contributed by atoms with Crippen LogP contribution in [0.25, 0.3) is 16.9 Å². The van der Waals surface area contributed by atoms with Crippen LogP contribution in [0, 0.1) is 10.1 Å². The maximum Gasteiger partial charge on any atom is 0.269 e. The molecule has 7 nitrogen and oxygen atoms in total. The second-order valence-corrected chi connectivity index (χ2v) is 7.18. The molecular formula is C23H22N4O3S. The van der Waals surface area contributed by atoms with Crippen LogP contribution in [0.15, 0.2) is 88.8 Å². The number of nitrogens with zero attached hydrogens (tertiary/aromatic N) is 4. The van der Waals surface area contributed by atoms with Crippen molar-refractivity contribution in [1.82, 2.24) is 15.0 Å². The van der Waals surface area contributed by atoms with E-state index in [4.69, 9.17) is 4.74 Å². The Hall–Kier alpha value is -3.65. The SMILES string of the molecule is CC.COc1ccccc1-n1cc(-c2ccccc2Sc2ccc([N+](=O)[O-])cc2)nn1. The van der Waals surface area contributed by atoms with Gasteiger partial charge in [0.05, 0.1) is 18.2 Å². The summed E-state index contributed by atoms with van der Waals surface area (Å²) in [5, 5.41) is 19.4. The summed E-state index contributed by atoms with van der Waals surface area (Å²) in [6.07, 6.45) is 1.85. The molecule has 8 heteroatoms. The van der Waals surface area contributed by atoms with Crippen molar-refractivity contribution in [2.75, 3.05) is 7.11 Å². The molecule has 0 unspecified atom stereocenters. The van der Waals surface area contributed by atoms with Crippen molar-refractivity contribution in [2.45, 2.75) is 23.6 Å². The molecule has 31 heavy (non-hydrogen) atoms. The van der Waals surface area contributed by atoms with Gasteiger partial charge in [0, 0.05) is 27.5 Å². The molecule has 0 amide bonds. The largest absolute Gasteiger partial charge is 0.494 e. The van der Waals surface area contributed by atoms with Crippen molar-refractivity contribution in [1.29, 1.82) is 0 Å². The van der Waals surface area contributed by atoms with E-state index in [-0.39, 0.29) is 5.69 Å². The molecule has 0 saturated carbocycles. The Bertz CT molecular complexity index is 1160. The fourth-order valence-corrected chi connectivity index (χ4v) is 3.81. The molecule has 1 aromatic heterocycles. The second kappa shape index (κ2) is 10.4. The maximum atomic E-state index is 10.8. The summed E-state index contributed by atoms with van der Waals surface area (Å²) in [5.74, 6) is 0.706. The van der Waals surface area contributed by atoms with E-state index >= 15 is 0 Å². The van der Waals surface area contributed by atoms with Crippen LogP contribution in [-0.2, 0) is 0 Å². The number of non-ortho nitro benzene ring substituents is 1. The fraction of sp³-hybridized carbons (Fsp3) is 0.130. The number of nitro benzene ring substituents is 1. The number of methoxy groups -OCH3 is 1. The zero-order chi connectivity index (χ0) is 22.2. The molecule has 0 aliphatic carbocycles. The lowest BCUT2D eigenvalue weighted by molar-refractivity contribution is -0.384. The summed E-state index contributed by atoms with van der Waals surface area (Å²) >= 11 is 1.52. The molecule has 4 aromatic rings. The highest BCUT2D eigenvalue weighted by molar-refractivity contribution is 7.99. The Morgan fingerprint density at radius 2 is 1.65 bits per heavy atom. The molecule has 0 radical (unpaired) electrons. The first kappa shape index (κ1) is 22.0. The fourth-order valence-electron chi connectivity index (χ4n) is 2.85. The predicted molar refractivity (Wildman–Crippen MR) is 122 cm³/mol. The number of benzene rings is 3. The summed E-state index contributed by atoms with van der Waals surface area (Å²) in [5.41, 5.74) is 2.52. The van der Waals surface area contributed by atoms with Crippen LogP contribution in [0.3, 0.4) is 0 Å². The van der Waals surface area contributed by atoms with Gasteiger partial charge < -0.3 is 4.74 Å². The topological polar surface area (TPSA) is 83.1 Å². The van der Waals surface area contributed by atoms with Crippen LogP contribution < -0.4 is 4.74 Å². The molecule has 3 aromatic carbocycles. The summed E-state index contributed by atoms with van der Waals surface area (Å²) in [6, 6.07) is 21.9. The zero-order valence-electron chi connectivity index (χ0n) is 17.4. The minimum absolute atomic E-state index is 0.0717. The Morgan fingerprint density at radius 3 is 2.35 bits per heavy atom. The minimum Gasteiger partial charge on any atom is -0.494 e. The van der Waals surface area contributed by atoms with Crippen molar-refractivity contribution in [3.05, 3.63) is 89.1 Å². The molecule has 1 heterocycles. The van der Waals surface area contributed by atoms with Crippen molar-refractivity contribution in [2.24, 2.45) is 0 Å². The maximum absolute atomic E-state index is 10.8. The molecule has 0 saturated heterocycles. The predicted octanol–water partition coefficient (Wildman–Crippen LogP) is 6.03. The first-order valence-corrected chi connectivity index (χ1v) is 10.5. The molecule has 0 atom stereocenters. The summed E-state index contributed by atoms with van der Waals surface area (Å²) in [4.78, 5) is 12.3. The van der Waals surface area contributed by atoms with Gasteiger partial charge in [-0.05, 0) is 30.3 Å². The highest BCUT2D eigenvalue weighted by atomic mass is 32.2. The molecule has 0 aliphatic rings. The van der Waals surface area contributed by atoms with E-state index in [1.165, 1.54) is 23.9 Å². The van der Waals surface area contributed by atoms with Gasteiger partial charge in [-0.25, -0.2) is 4.68 Å². The minimum atomic E-state index is -0.404. The molecule has 0 fully saturated rings. The summed E-state index contributed by atoms with van der Waals surface area (Å²) in [6.45, 7) is 4.00. The van der Waals surface area contributed by atoms with Crippen LogP contribution in [0.1, 0.15) is 13.8 Å². The van der Waals surface area contributed by atoms with Crippen molar-refractivity contribution in [3.8, 4) is 22.7 Å². The van der Waals surface area contributed by atoms with Gasteiger partial charge in [-0.1, -0.05) is 61.2 Å². The van der Waals surface area contributed by atoms with Gasteiger partial charge in [0.2, 0.25) is 0 Å². The quantitative estimate of drug-likeness (QED) is 0.272. The first-order valence-electron chi connectivity index (χ1n) is 9.73. The third-order valence-corrected chi connectivity index (χ3v) is 5.35. The van der Waals surface area contributed by atoms with Crippen LogP contribution >= 0.6 is 11.8 Å². The third-order valence-electron chi connectivity index (χ3n) is 4.26. The van der Waals surface area contributed by atoms with Gasteiger partial charge in [0.15, 0.2) is 0 Å². The van der Waals surface area contributed by atoms with E-state index < -0.39 is 4.92 Å². The lowest BCUT2D eigenvalue weighted by atomic mass is 10.2. The van der Waals surface area contributed by atoms with Crippen LogP contribution in [0.2, 0.25) is 0 Å². The number of aromatic nitrogens is 3. The van der Waals surface area contributed by atoms with Gasteiger partial charge in [0.25, 0.3) is 5.69 Å². The van der Waals surface area contributed by atoms with Crippen molar-refractivity contribution >= 4 is 17.4 Å². The molecule has 0 spiro atoms. The Morgan fingerprint density at radius 1 is 0.968 bits per heavy atom. The van der Waals surface area contributed by atoms with E-state index in [0.29, 0.717) is 5.75 Å². The highest BCUT2D eigenvalue weighted by Gasteiger charge is 2.13. The first-order chi connectivity index (χ1) is 15.2. The average molecular weight is 435 g/mol. The number of hydrogen-bond acceptors (Lipinski definition) is 6. The molecule has 0 bridgehead atoms. The van der Waals surface area contributed by atoms with E-state index in [0.717, 1.165) is 26.7 Å². The molecular weight excluding hydrogens is 412 g/mol. The zero-order valence-corrected chi connectivity index (χ0v) is 18.2. The van der Waals surface area contributed by atoms with E-state index in [1.54, 1.807) is 23.9 Å². The highest BCUT2D eigenvalue weighted by Crippen LogP contribution is 2.36. The van der Waals surface area contributed by atoms with Crippen LogP contribution in [-0.4, -0.2) is 27.0 Å².